The van der Waals surface area contributed by atoms with Gasteiger partial charge in [-0.3, -0.25) is 4.90 Å². The molecule has 1 heterocycles. The third-order valence-electron chi connectivity index (χ3n) is 4.94. The molecule has 0 amide bonds. The molecular weight excluding hydrogens is 220 g/mol. The van der Waals surface area contributed by atoms with Crippen LogP contribution in [0.25, 0.3) is 0 Å². The fourth-order valence-electron chi connectivity index (χ4n) is 3.86. The van der Waals surface area contributed by atoms with E-state index in [-0.39, 0.29) is 0 Å². The minimum absolute atomic E-state index is 0.725. The van der Waals surface area contributed by atoms with E-state index in [1.807, 2.05) is 0 Å². The first-order valence-electron chi connectivity index (χ1n) is 8.15. The molecule has 18 heavy (non-hydrogen) atoms. The molecule has 0 bridgehead atoms. The monoisotopic (exact) mass is 252 g/mol. The van der Waals surface area contributed by atoms with Crippen molar-refractivity contribution in [3.05, 3.63) is 0 Å². The third-order valence-corrected chi connectivity index (χ3v) is 4.94. The molecule has 0 aromatic carbocycles. The molecule has 2 aliphatic rings. The Labute approximate surface area is 114 Å². The molecule has 0 aromatic rings. The summed E-state index contributed by atoms with van der Waals surface area (Å²) in [7, 11) is 0. The maximum Gasteiger partial charge on any atom is 0.0195 e. The highest BCUT2D eigenvalue weighted by molar-refractivity contribution is 4.91. The summed E-state index contributed by atoms with van der Waals surface area (Å²) in [6.07, 6.45) is 8.65. The molecule has 106 valence electrons. The molecule has 0 spiro atoms. The number of piperidine rings is 1. The summed E-state index contributed by atoms with van der Waals surface area (Å²) in [5.74, 6) is 1.85. The van der Waals surface area contributed by atoms with Crippen LogP contribution < -0.4 is 5.32 Å². The average molecular weight is 252 g/mol. The molecule has 1 aliphatic carbocycles. The molecule has 0 radical (unpaired) electrons. The summed E-state index contributed by atoms with van der Waals surface area (Å²) in [6.45, 7) is 10.7. The predicted octanol–water partition coefficient (Wildman–Crippen LogP) is 3.28. The second kappa shape index (κ2) is 6.91. The van der Waals surface area contributed by atoms with E-state index in [4.69, 9.17) is 0 Å². The number of hydrogen-bond donors (Lipinski definition) is 1. The van der Waals surface area contributed by atoms with Gasteiger partial charge in [-0.05, 0) is 64.0 Å². The van der Waals surface area contributed by atoms with E-state index < -0.39 is 0 Å². The quantitative estimate of drug-likeness (QED) is 0.730. The molecule has 3 atom stereocenters. The highest BCUT2D eigenvalue weighted by Crippen LogP contribution is 2.37. The van der Waals surface area contributed by atoms with Crippen molar-refractivity contribution < 1.29 is 0 Å². The first-order valence-corrected chi connectivity index (χ1v) is 8.15. The van der Waals surface area contributed by atoms with Crippen LogP contribution in [0.2, 0.25) is 0 Å². The molecule has 1 N–H and O–H groups in total. The van der Waals surface area contributed by atoms with E-state index in [1.165, 1.54) is 58.2 Å². The Hall–Kier alpha value is -0.0800. The summed E-state index contributed by atoms with van der Waals surface area (Å²) in [4.78, 5) is 2.81. The minimum atomic E-state index is 0.725. The first kappa shape index (κ1) is 14.3. The van der Waals surface area contributed by atoms with Crippen LogP contribution in [-0.2, 0) is 0 Å². The lowest BCUT2D eigenvalue weighted by atomic mass is 9.91. The summed E-state index contributed by atoms with van der Waals surface area (Å²) in [6, 6.07) is 1.64. The van der Waals surface area contributed by atoms with Crippen molar-refractivity contribution in [3.63, 3.8) is 0 Å². The zero-order valence-electron chi connectivity index (χ0n) is 12.6. The van der Waals surface area contributed by atoms with E-state index >= 15 is 0 Å². The standard InChI is InChI=1S/C16H32N2/c1-13(2)9-10-17-12-14(3)18-11-5-7-15-6-4-8-16(15)18/h13-17H,4-12H2,1-3H3. The van der Waals surface area contributed by atoms with Gasteiger partial charge < -0.3 is 5.32 Å². The van der Waals surface area contributed by atoms with Crippen LogP contribution in [0, 0.1) is 11.8 Å². The van der Waals surface area contributed by atoms with Gasteiger partial charge >= 0.3 is 0 Å². The van der Waals surface area contributed by atoms with Gasteiger partial charge in [-0.15, -0.1) is 0 Å². The van der Waals surface area contributed by atoms with Crippen LogP contribution >= 0.6 is 0 Å². The lowest BCUT2D eigenvalue weighted by molar-refractivity contribution is 0.0743. The molecule has 2 heteroatoms. The van der Waals surface area contributed by atoms with Gasteiger partial charge in [0.15, 0.2) is 0 Å². The highest BCUT2D eigenvalue weighted by atomic mass is 15.2. The second-order valence-corrected chi connectivity index (χ2v) is 6.87. The van der Waals surface area contributed by atoms with E-state index in [9.17, 15) is 0 Å². The van der Waals surface area contributed by atoms with Crippen LogP contribution in [0.1, 0.15) is 59.3 Å². The van der Waals surface area contributed by atoms with E-state index in [0.29, 0.717) is 0 Å². The summed E-state index contributed by atoms with van der Waals surface area (Å²) in [5, 5.41) is 3.65. The Morgan fingerprint density at radius 2 is 1.89 bits per heavy atom. The number of likely N-dealkylation sites (tertiary alicyclic amines) is 1. The van der Waals surface area contributed by atoms with Gasteiger partial charge in [0.2, 0.25) is 0 Å². The van der Waals surface area contributed by atoms with Crippen molar-refractivity contribution in [2.45, 2.75) is 71.4 Å². The normalized spacial score (nSPS) is 30.7. The number of fused-ring (bicyclic) bond motifs is 1. The number of nitrogens with one attached hydrogen (secondary N) is 1. The summed E-state index contributed by atoms with van der Waals surface area (Å²) in [5.41, 5.74) is 0. The molecule has 1 saturated heterocycles. The largest absolute Gasteiger partial charge is 0.315 e. The maximum atomic E-state index is 3.65. The fraction of sp³-hybridized carbons (Fsp3) is 1.00. The third kappa shape index (κ3) is 3.71. The van der Waals surface area contributed by atoms with Crippen molar-refractivity contribution in [1.29, 1.82) is 0 Å². The molecule has 2 fully saturated rings. The van der Waals surface area contributed by atoms with Gasteiger partial charge in [-0.25, -0.2) is 0 Å². The van der Waals surface area contributed by atoms with Crippen LogP contribution in [-0.4, -0.2) is 36.6 Å². The van der Waals surface area contributed by atoms with E-state index in [2.05, 4.69) is 31.0 Å². The van der Waals surface area contributed by atoms with Crippen molar-refractivity contribution in [3.8, 4) is 0 Å². The van der Waals surface area contributed by atoms with Crippen molar-refractivity contribution in [2.75, 3.05) is 19.6 Å². The van der Waals surface area contributed by atoms with E-state index in [0.717, 1.165) is 23.9 Å². The zero-order chi connectivity index (χ0) is 13.0. The van der Waals surface area contributed by atoms with Crippen LogP contribution in [0.5, 0.6) is 0 Å². The van der Waals surface area contributed by atoms with Gasteiger partial charge in [-0.2, -0.15) is 0 Å². The van der Waals surface area contributed by atoms with E-state index in [1.54, 1.807) is 0 Å². The second-order valence-electron chi connectivity index (χ2n) is 6.87. The Morgan fingerprint density at radius 3 is 2.67 bits per heavy atom. The highest BCUT2D eigenvalue weighted by Gasteiger charge is 2.36. The molecular formula is C16H32N2. The van der Waals surface area contributed by atoms with Crippen LogP contribution in [0.15, 0.2) is 0 Å². The minimum Gasteiger partial charge on any atom is -0.315 e. The van der Waals surface area contributed by atoms with Crippen molar-refractivity contribution >= 4 is 0 Å². The molecule has 3 unspecified atom stereocenters. The zero-order valence-corrected chi connectivity index (χ0v) is 12.6. The van der Waals surface area contributed by atoms with Gasteiger partial charge in [-0.1, -0.05) is 20.3 Å². The molecule has 2 rings (SSSR count). The maximum absolute atomic E-state index is 3.65. The molecule has 1 saturated carbocycles. The Balaban J connectivity index is 1.72. The predicted molar refractivity (Wildman–Crippen MR) is 78.9 cm³/mol. The summed E-state index contributed by atoms with van der Waals surface area (Å²) >= 11 is 0. The Morgan fingerprint density at radius 1 is 1.11 bits per heavy atom. The number of nitrogens with zero attached hydrogens (tertiary/aromatic N) is 1. The lowest BCUT2D eigenvalue weighted by Gasteiger charge is -2.41. The smallest absolute Gasteiger partial charge is 0.0195 e. The average Bonchev–Trinajstić information content (AvgIpc) is 2.82. The van der Waals surface area contributed by atoms with Crippen molar-refractivity contribution in [2.24, 2.45) is 11.8 Å². The van der Waals surface area contributed by atoms with Crippen LogP contribution in [0.3, 0.4) is 0 Å². The number of hydrogen-bond acceptors (Lipinski definition) is 2. The van der Waals surface area contributed by atoms with Crippen molar-refractivity contribution in [1.82, 2.24) is 10.2 Å². The Kier molecular flexibility index (Phi) is 5.50. The molecule has 1 aliphatic heterocycles. The van der Waals surface area contributed by atoms with Gasteiger partial charge in [0, 0.05) is 18.6 Å². The van der Waals surface area contributed by atoms with Crippen LogP contribution in [0.4, 0.5) is 0 Å². The Bertz CT molecular complexity index is 239. The van der Waals surface area contributed by atoms with Gasteiger partial charge in [0.05, 0.1) is 0 Å². The molecule has 2 nitrogen and oxygen atoms in total. The SMILES string of the molecule is CC(C)CCNCC(C)N1CCCC2CCCC21. The topological polar surface area (TPSA) is 15.3 Å². The van der Waals surface area contributed by atoms with Gasteiger partial charge in [0.1, 0.15) is 0 Å². The molecule has 0 aromatic heterocycles. The fourth-order valence-corrected chi connectivity index (χ4v) is 3.86. The van der Waals surface area contributed by atoms with Gasteiger partial charge in [0.25, 0.3) is 0 Å². The lowest BCUT2D eigenvalue weighted by Crippen LogP contribution is -2.50. The summed E-state index contributed by atoms with van der Waals surface area (Å²) < 4.78 is 0. The number of rotatable bonds is 6. The first-order chi connectivity index (χ1) is 8.68.